The van der Waals surface area contributed by atoms with E-state index in [9.17, 15) is 9.59 Å². The number of carbonyl (C=O) groups is 2. The predicted octanol–water partition coefficient (Wildman–Crippen LogP) is 1.71. The number of piperidine rings is 1. The van der Waals surface area contributed by atoms with Gasteiger partial charge in [0.05, 0.1) is 17.4 Å². The molecule has 1 unspecified atom stereocenters. The smallest absolute Gasteiger partial charge is 0.253 e. The molecule has 1 N–H and O–H groups in total. The summed E-state index contributed by atoms with van der Waals surface area (Å²) >= 11 is 0. The highest BCUT2D eigenvalue weighted by atomic mass is 16.2. The van der Waals surface area contributed by atoms with E-state index in [1.54, 1.807) is 48.6 Å². The lowest BCUT2D eigenvalue weighted by atomic mass is 10.0. The number of hydrogen-bond donors (Lipinski definition) is 1. The molecular formula is C17H18N4O2. The molecule has 2 aromatic rings. The van der Waals surface area contributed by atoms with E-state index < -0.39 is 6.04 Å². The molecule has 0 aliphatic carbocycles. The highest BCUT2D eigenvalue weighted by Crippen LogP contribution is 2.20. The Labute approximate surface area is 134 Å². The zero-order valence-electron chi connectivity index (χ0n) is 12.9. The maximum atomic E-state index is 12.6. The Morgan fingerprint density at radius 3 is 2.87 bits per heavy atom. The lowest BCUT2D eigenvalue weighted by molar-refractivity contribution is -0.121. The number of pyridine rings is 2. The first-order valence-corrected chi connectivity index (χ1v) is 7.60. The molecule has 6 heteroatoms. The Kier molecular flexibility index (Phi) is 4.32. The number of anilines is 1. The molecule has 0 aromatic carbocycles. The Morgan fingerprint density at radius 2 is 2.13 bits per heavy atom. The molecule has 0 saturated carbocycles. The molecular weight excluding hydrogens is 292 g/mol. The zero-order chi connectivity index (χ0) is 16.2. The van der Waals surface area contributed by atoms with Crippen LogP contribution in [0.4, 0.5) is 5.69 Å². The van der Waals surface area contributed by atoms with E-state index in [4.69, 9.17) is 0 Å². The van der Waals surface area contributed by atoms with Crippen LogP contribution in [-0.4, -0.2) is 34.4 Å². The molecule has 1 aliphatic rings. The van der Waals surface area contributed by atoms with Crippen molar-refractivity contribution in [3.05, 3.63) is 54.1 Å². The summed E-state index contributed by atoms with van der Waals surface area (Å²) in [4.78, 5) is 34.9. The monoisotopic (exact) mass is 310 g/mol. The van der Waals surface area contributed by atoms with Crippen molar-refractivity contribution < 1.29 is 9.59 Å². The normalized spacial score (nSPS) is 17.9. The third-order valence-electron chi connectivity index (χ3n) is 3.95. The molecule has 3 rings (SSSR count). The number of hydrogen-bond acceptors (Lipinski definition) is 4. The molecule has 3 heterocycles. The fraction of sp³-hybridized carbons (Fsp3) is 0.294. The van der Waals surface area contributed by atoms with E-state index in [-0.39, 0.29) is 11.8 Å². The lowest BCUT2D eigenvalue weighted by Crippen LogP contribution is -2.52. The molecule has 1 fully saturated rings. The quantitative estimate of drug-likeness (QED) is 0.936. The maximum absolute atomic E-state index is 12.6. The van der Waals surface area contributed by atoms with Crippen LogP contribution in [0.25, 0.3) is 0 Å². The van der Waals surface area contributed by atoms with E-state index in [1.807, 2.05) is 6.07 Å². The second-order valence-electron chi connectivity index (χ2n) is 5.51. The van der Waals surface area contributed by atoms with E-state index in [1.165, 1.54) is 0 Å². The zero-order valence-corrected chi connectivity index (χ0v) is 12.9. The van der Waals surface area contributed by atoms with E-state index in [0.717, 1.165) is 12.1 Å². The van der Waals surface area contributed by atoms with Crippen molar-refractivity contribution in [2.45, 2.75) is 25.8 Å². The number of carbonyl (C=O) groups excluding carboxylic acids is 2. The van der Waals surface area contributed by atoms with Gasteiger partial charge in [0.15, 0.2) is 0 Å². The third-order valence-corrected chi connectivity index (χ3v) is 3.95. The summed E-state index contributed by atoms with van der Waals surface area (Å²) in [6.07, 6.45) is 6.44. The van der Waals surface area contributed by atoms with Crippen LogP contribution in [-0.2, 0) is 4.79 Å². The van der Waals surface area contributed by atoms with E-state index >= 15 is 0 Å². The first-order valence-electron chi connectivity index (χ1n) is 7.60. The van der Waals surface area contributed by atoms with Crippen molar-refractivity contribution >= 4 is 17.5 Å². The fourth-order valence-electron chi connectivity index (χ4n) is 2.74. The summed E-state index contributed by atoms with van der Waals surface area (Å²) in [5, 5.41) is 2.83. The number of aryl methyl sites for hydroxylation is 1. The van der Waals surface area contributed by atoms with Crippen LogP contribution in [0.2, 0.25) is 0 Å². The molecule has 1 saturated heterocycles. The average molecular weight is 310 g/mol. The van der Waals surface area contributed by atoms with Crippen LogP contribution in [0.5, 0.6) is 0 Å². The first-order chi connectivity index (χ1) is 11.2. The van der Waals surface area contributed by atoms with Gasteiger partial charge < -0.3 is 10.2 Å². The molecule has 6 nitrogen and oxygen atoms in total. The van der Waals surface area contributed by atoms with Gasteiger partial charge in [0.25, 0.3) is 5.91 Å². The number of rotatable bonds is 3. The molecule has 0 bridgehead atoms. The van der Waals surface area contributed by atoms with E-state index in [0.29, 0.717) is 24.2 Å². The molecule has 118 valence electrons. The van der Waals surface area contributed by atoms with Crippen LogP contribution in [0, 0.1) is 6.92 Å². The van der Waals surface area contributed by atoms with Gasteiger partial charge in [0, 0.05) is 24.6 Å². The molecule has 0 radical (unpaired) electrons. The lowest BCUT2D eigenvalue weighted by Gasteiger charge is -2.32. The second-order valence-corrected chi connectivity index (χ2v) is 5.51. The van der Waals surface area contributed by atoms with Crippen LogP contribution >= 0.6 is 0 Å². The molecule has 1 aliphatic heterocycles. The van der Waals surface area contributed by atoms with Gasteiger partial charge in [-0.2, -0.15) is 0 Å². The molecule has 0 spiro atoms. The number of aromatic nitrogens is 2. The van der Waals surface area contributed by atoms with Crippen molar-refractivity contribution in [3.8, 4) is 0 Å². The molecule has 23 heavy (non-hydrogen) atoms. The van der Waals surface area contributed by atoms with Crippen LogP contribution in [0.1, 0.15) is 28.9 Å². The van der Waals surface area contributed by atoms with Crippen molar-refractivity contribution in [2.24, 2.45) is 0 Å². The topological polar surface area (TPSA) is 75.2 Å². The Bertz CT molecular complexity index is 718. The molecule has 1 atom stereocenters. The Morgan fingerprint density at radius 1 is 1.30 bits per heavy atom. The van der Waals surface area contributed by atoms with Crippen LogP contribution < -0.4 is 10.2 Å². The Hall–Kier alpha value is -2.76. The predicted molar refractivity (Wildman–Crippen MR) is 86.1 cm³/mol. The van der Waals surface area contributed by atoms with Gasteiger partial charge >= 0.3 is 0 Å². The first kappa shape index (κ1) is 15.1. The highest BCUT2D eigenvalue weighted by Gasteiger charge is 2.31. The Balaban J connectivity index is 1.74. The summed E-state index contributed by atoms with van der Waals surface area (Å²) in [7, 11) is 0. The minimum atomic E-state index is -0.518. The maximum Gasteiger partial charge on any atom is 0.253 e. The molecule has 2 aromatic heterocycles. The number of nitrogens with zero attached hydrogens (tertiary/aromatic N) is 3. The minimum Gasteiger partial charge on any atom is -0.340 e. The van der Waals surface area contributed by atoms with Crippen LogP contribution in [0.3, 0.4) is 0 Å². The number of amides is 2. The van der Waals surface area contributed by atoms with Gasteiger partial charge in [0.1, 0.15) is 6.04 Å². The largest absolute Gasteiger partial charge is 0.340 e. The minimum absolute atomic E-state index is 0.0980. The highest BCUT2D eigenvalue weighted by molar-refractivity contribution is 6.03. The van der Waals surface area contributed by atoms with Crippen molar-refractivity contribution in [1.29, 1.82) is 0 Å². The van der Waals surface area contributed by atoms with Crippen LogP contribution in [0.15, 0.2) is 42.9 Å². The SMILES string of the molecule is Cc1ncccc1C(=O)NC1CCCN(c2cccnc2)C1=O. The summed E-state index contributed by atoms with van der Waals surface area (Å²) in [6.45, 7) is 2.42. The van der Waals surface area contributed by atoms with E-state index in [2.05, 4.69) is 15.3 Å². The standard InChI is InChI=1S/C17H18N4O2/c1-12-14(6-3-9-19-12)16(22)20-15-7-4-10-21(17(15)23)13-5-2-8-18-11-13/h2-3,5-6,8-9,11,15H,4,7,10H2,1H3,(H,20,22). The number of nitrogens with one attached hydrogen (secondary N) is 1. The fourth-order valence-corrected chi connectivity index (χ4v) is 2.74. The van der Waals surface area contributed by atoms with Gasteiger partial charge in [-0.1, -0.05) is 0 Å². The summed E-state index contributed by atoms with van der Waals surface area (Å²) < 4.78 is 0. The van der Waals surface area contributed by atoms with Gasteiger partial charge in [-0.25, -0.2) is 0 Å². The second kappa shape index (κ2) is 6.56. The van der Waals surface area contributed by atoms with Gasteiger partial charge in [-0.15, -0.1) is 0 Å². The molecule has 2 amide bonds. The van der Waals surface area contributed by atoms with Gasteiger partial charge in [0.2, 0.25) is 5.91 Å². The summed E-state index contributed by atoms with van der Waals surface area (Å²) in [5.74, 6) is -0.360. The van der Waals surface area contributed by atoms with Crippen molar-refractivity contribution in [3.63, 3.8) is 0 Å². The van der Waals surface area contributed by atoms with Crippen molar-refractivity contribution in [2.75, 3.05) is 11.4 Å². The summed E-state index contributed by atoms with van der Waals surface area (Å²) in [5.41, 5.74) is 1.91. The summed E-state index contributed by atoms with van der Waals surface area (Å²) in [6, 6.07) is 6.55. The third kappa shape index (κ3) is 3.21. The van der Waals surface area contributed by atoms with Crippen molar-refractivity contribution in [1.82, 2.24) is 15.3 Å². The average Bonchev–Trinajstić information content (AvgIpc) is 2.58. The van der Waals surface area contributed by atoms with Gasteiger partial charge in [-0.05, 0) is 44.0 Å². The van der Waals surface area contributed by atoms with Gasteiger partial charge in [-0.3, -0.25) is 19.6 Å².